The second kappa shape index (κ2) is 15.7. The van der Waals surface area contributed by atoms with Gasteiger partial charge >= 0.3 is 0 Å². The molecule has 6 aromatic rings. The zero-order valence-electron chi connectivity index (χ0n) is 31.3. The van der Waals surface area contributed by atoms with E-state index in [1.807, 2.05) is 18.2 Å². The Morgan fingerprint density at radius 2 is 1.22 bits per heavy atom. The summed E-state index contributed by atoms with van der Waals surface area (Å²) < 4.78 is 0. The lowest BCUT2D eigenvalue weighted by atomic mass is 9.82. The molecule has 0 unspecified atom stereocenters. The first-order valence-corrected chi connectivity index (χ1v) is 19.1. The van der Waals surface area contributed by atoms with Crippen molar-refractivity contribution in [2.75, 3.05) is 9.80 Å². The van der Waals surface area contributed by atoms with E-state index < -0.39 is 0 Å². The van der Waals surface area contributed by atoms with Crippen LogP contribution in [0.3, 0.4) is 0 Å². The summed E-state index contributed by atoms with van der Waals surface area (Å²) in [5.74, 6) is 0. The normalized spacial score (nSPS) is 14.4. The van der Waals surface area contributed by atoms with Crippen LogP contribution in [0.5, 0.6) is 0 Å². The van der Waals surface area contributed by atoms with Crippen LogP contribution in [0, 0.1) is 6.92 Å². The van der Waals surface area contributed by atoms with Crippen LogP contribution in [0.1, 0.15) is 43.7 Å². The van der Waals surface area contributed by atoms with Crippen molar-refractivity contribution in [2.24, 2.45) is 0 Å². The Bertz CT molecular complexity index is 2470. The van der Waals surface area contributed by atoms with E-state index in [-0.39, 0.29) is 0 Å². The molecule has 0 saturated carbocycles. The number of aryl methyl sites for hydroxylation is 1. The van der Waals surface area contributed by atoms with Crippen molar-refractivity contribution in [2.45, 2.75) is 39.5 Å². The highest BCUT2D eigenvalue weighted by Gasteiger charge is 2.23. The number of fused-ring (bicyclic) bond motifs is 2. The summed E-state index contributed by atoms with van der Waals surface area (Å²) in [6, 6.07) is 44.7. The third kappa shape index (κ3) is 7.04. The summed E-state index contributed by atoms with van der Waals surface area (Å²) >= 11 is 0. The van der Waals surface area contributed by atoms with Gasteiger partial charge in [-0.2, -0.15) is 0 Å². The minimum Gasteiger partial charge on any atom is -0.321 e. The van der Waals surface area contributed by atoms with E-state index in [0.29, 0.717) is 0 Å². The summed E-state index contributed by atoms with van der Waals surface area (Å²) in [6.45, 7) is 8.27. The second-order valence-corrected chi connectivity index (χ2v) is 14.2. The fourth-order valence-corrected chi connectivity index (χ4v) is 7.84. The minimum absolute atomic E-state index is 0.985. The Morgan fingerprint density at radius 1 is 0.556 bits per heavy atom. The Balaban J connectivity index is 1.44. The number of benzene rings is 6. The van der Waals surface area contributed by atoms with Crippen molar-refractivity contribution in [1.29, 1.82) is 0 Å². The zero-order valence-corrected chi connectivity index (χ0v) is 31.3. The van der Waals surface area contributed by atoms with Crippen molar-refractivity contribution >= 4 is 49.9 Å². The Hall–Kier alpha value is -6.38. The zero-order chi connectivity index (χ0) is 36.9. The molecule has 2 aliphatic carbocycles. The van der Waals surface area contributed by atoms with Gasteiger partial charge in [-0.3, -0.25) is 0 Å². The van der Waals surface area contributed by atoms with Crippen LogP contribution in [-0.4, -0.2) is 0 Å². The number of nitrogens with zero attached hydrogens (tertiary/aromatic N) is 2. The average Bonchev–Trinajstić information content (AvgIpc) is 3.22. The molecule has 264 valence electrons. The van der Waals surface area contributed by atoms with Crippen LogP contribution in [-0.2, 0) is 0 Å². The predicted molar refractivity (Wildman–Crippen MR) is 235 cm³/mol. The molecule has 0 saturated heterocycles. The maximum Gasteiger partial charge on any atom is 0.0468 e. The van der Waals surface area contributed by atoms with Crippen LogP contribution in [0.2, 0.25) is 0 Å². The molecule has 0 bridgehead atoms. The molecule has 0 heterocycles. The van der Waals surface area contributed by atoms with E-state index in [9.17, 15) is 0 Å². The summed E-state index contributed by atoms with van der Waals surface area (Å²) in [6.07, 6.45) is 25.6. The van der Waals surface area contributed by atoms with E-state index in [1.54, 1.807) is 0 Å². The maximum atomic E-state index is 3.86. The first-order chi connectivity index (χ1) is 26.6. The first kappa shape index (κ1) is 34.7. The summed E-state index contributed by atoms with van der Waals surface area (Å²) in [4.78, 5) is 4.73. The predicted octanol–water partition coefficient (Wildman–Crippen LogP) is 14.9. The molecule has 8 rings (SSSR count). The van der Waals surface area contributed by atoms with Crippen molar-refractivity contribution in [3.8, 4) is 11.1 Å². The third-order valence-electron chi connectivity index (χ3n) is 10.6. The van der Waals surface area contributed by atoms with Gasteiger partial charge in [-0.1, -0.05) is 133 Å². The lowest BCUT2D eigenvalue weighted by molar-refractivity contribution is 0.915. The van der Waals surface area contributed by atoms with Crippen molar-refractivity contribution in [3.63, 3.8) is 0 Å². The van der Waals surface area contributed by atoms with E-state index in [1.165, 1.54) is 60.6 Å². The standard InChI is InChI=1S/C52H46N2/c1-4-5-6-16-35-53(42-17-10-7-11-18-42)45-31-33-47-49(36-45)51(40-27-23-38(2)24-28-40)48-34-32-46(37-50(48)52(47)41-29-25-39(3)26-30-41)54(43-19-12-8-13-20-43)44-21-14-9-15-22-44/h4-10,12-17,19-25,27-29,31-37H,1,11,18,26,30H2,2-3H3. The smallest absolute Gasteiger partial charge is 0.0468 e. The number of anilines is 4. The SMILES string of the molecule is C=CC=CC=CN(C1=CC=CCC1)c1ccc2c(C3=CC=C(C)CC3)c3cc(N(c4ccccc4)c4ccccc4)ccc3c(-c3ccc(C)cc3)c2c1. The van der Waals surface area contributed by atoms with Crippen molar-refractivity contribution in [1.82, 2.24) is 0 Å². The molecule has 0 amide bonds. The van der Waals surface area contributed by atoms with E-state index in [2.05, 4.69) is 194 Å². The summed E-state index contributed by atoms with van der Waals surface area (Å²) in [5, 5.41) is 5.06. The molecule has 0 aliphatic heterocycles. The van der Waals surface area contributed by atoms with Gasteiger partial charge in [0.2, 0.25) is 0 Å². The van der Waals surface area contributed by atoms with Gasteiger partial charge in [0.1, 0.15) is 0 Å². The Kier molecular flexibility index (Phi) is 10.1. The van der Waals surface area contributed by atoms with Gasteiger partial charge in [-0.15, -0.1) is 0 Å². The average molecular weight is 699 g/mol. The van der Waals surface area contributed by atoms with E-state index in [0.717, 1.165) is 48.4 Å². The van der Waals surface area contributed by atoms with E-state index in [4.69, 9.17) is 0 Å². The van der Waals surface area contributed by atoms with Crippen LogP contribution in [0.15, 0.2) is 200 Å². The number of hydrogen-bond donors (Lipinski definition) is 0. The minimum atomic E-state index is 0.985. The molecule has 0 atom stereocenters. The van der Waals surface area contributed by atoms with Crippen molar-refractivity contribution in [3.05, 3.63) is 211 Å². The molecule has 2 nitrogen and oxygen atoms in total. The number of para-hydroxylation sites is 2. The quantitative estimate of drug-likeness (QED) is 0.104. The monoisotopic (exact) mass is 698 g/mol. The Labute approximate surface area is 320 Å². The topological polar surface area (TPSA) is 6.48 Å². The van der Waals surface area contributed by atoms with Gasteiger partial charge in [0.15, 0.2) is 0 Å². The second-order valence-electron chi connectivity index (χ2n) is 14.2. The molecular weight excluding hydrogens is 653 g/mol. The van der Waals surface area contributed by atoms with Gasteiger partial charge in [0.25, 0.3) is 0 Å². The molecule has 0 fully saturated rings. The molecule has 2 heteroatoms. The first-order valence-electron chi connectivity index (χ1n) is 19.1. The van der Waals surface area contributed by atoms with Crippen LogP contribution in [0.4, 0.5) is 22.7 Å². The molecule has 2 aliphatic rings. The molecule has 0 N–H and O–H groups in total. The lowest BCUT2D eigenvalue weighted by Gasteiger charge is -2.28. The number of rotatable bonds is 10. The largest absolute Gasteiger partial charge is 0.321 e. The molecule has 0 spiro atoms. The lowest BCUT2D eigenvalue weighted by Crippen LogP contribution is -2.16. The van der Waals surface area contributed by atoms with Crippen molar-refractivity contribution < 1.29 is 0 Å². The highest BCUT2D eigenvalue weighted by Crippen LogP contribution is 2.47. The molecule has 0 aromatic heterocycles. The molecule has 0 radical (unpaired) electrons. The molecule has 6 aromatic carbocycles. The van der Waals surface area contributed by atoms with Gasteiger partial charge in [0, 0.05) is 34.6 Å². The van der Waals surface area contributed by atoms with Crippen LogP contribution >= 0.6 is 0 Å². The van der Waals surface area contributed by atoms with Gasteiger partial charge in [0.05, 0.1) is 0 Å². The van der Waals surface area contributed by atoms with Gasteiger partial charge in [-0.25, -0.2) is 0 Å². The van der Waals surface area contributed by atoms with Crippen LogP contribution in [0.25, 0.3) is 38.2 Å². The molecule has 54 heavy (non-hydrogen) atoms. The highest BCUT2D eigenvalue weighted by atomic mass is 15.1. The fraction of sp³-hybridized carbons (Fsp3) is 0.115. The third-order valence-corrected chi connectivity index (χ3v) is 10.6. The van der Waals surface area contributed by atoms with Crippen LogP contribution < -0.4 is 9.80 Å². The fourth-order valence-electron chi connectivity index (χ4n) is 7.84. The maximum absolute atomic E-state index is 3.86. The highest BCUT2D eigenvalue weighted by molar-refractivity contribution is 6.20. The molecular formula is C52H46N2. The number of hydrogen-bond acceptors (Lipinski definition) is 2. The van der Waals surface area contributed by atoms with Gasteiger partial charge < -0.3 is 9.80 Å². The van der Waals surface area contributed by atoms with E-state index >= 15 is 0 Å². The summed E-state index contributed by atoms with van der Waals surface area (Å²) in [5.41, 5.74) is 13.7. The summed E-state index contributed by atoms with van der Waals surface area (Å²) in [7, 11) is 0. The Morgan fingerprint density at radius 3 is 1.87 bits per heavy atom. The number of allylic oxidation sites excluding steroid dienone is 12. The van der Waals surface area contributed by atoms with Gasteiger partial charge in [-0.05, 0) is 144 Å².